The first-order valence-corrected chi connectivity index (χ1v) is 4.59. The fourth-order valence-corrected chi connectivity index (χ4v) is 1.28. The summed E-state index contributed by atoms with van der Waals surface area (Å²) in [5.41, 5.74) is 2.78. The second-order valence-electron chi connectivity index (χ2n) is 3.09. The molecule has 0 unspecified atom stereocenters. The lowest BCUT2D eigenvalue weighted by molar-refractivity contribution is 0.716. The Kier molecular flexibility index (Phi) is 3.81. The summed E-state index contributed by atoms with van der Waals surface area (Å²) in [7, 11) is 0. The molecule has 0 atom stereocenters. The Labute approximate surface area is 74.8 Å². The second kappa shape index (κ2) is 4.94. The highest BCUT2D eigenvalue weighted by Gasteiger charge is 1.91. The summed E-state index contributed by atoms with van der Waals surface area (Å²) >= 11 is 0. The Hall–Kier alpha value is -0.820. The second-order valence-corrected chi connectivity index (χ2v) is 3.09. The molecule has 1 rings (SSSR count). The molecule has 12 heavy (non-hydrogen) atoms. The van der Waals surface area contributed by atoms with Crippen LogP contribution in [0.4, 0.5) is 0 Å². The Morgan fingerprint density at radius 2 is 2.17 bits per heavy atom. The molecule has 0 aromatic heterocycles. The van der Waals surface area contributed by atoms with Crippen LogP contribution in [0.25, 0.3) is 0 Å². The molecule has 0 aliphatic heterocycles. The first kappa shape index (κ1) is 9.27. The van der Waals surface area contributed by atoms with Gasteiger partial charge in [-0.2, -0.15) is 0 Å². The van der Waals surface area contributed by atoms with Gasteiger partial charge in [-0.3, -0.25) is 0 Å². The summed E-state index contributed by atoms with van der Waals surface area (Å²) in [6, 6.07) is 8.69. The van der Waals surface area contributed by atoms with E-state index >= 15 is 0 Å². The van der Waals surface area contributed by atoms with E-state index in [9.17, 15) is 0 Å². The van der Waals surface area contributed by atoms with Gasteiger partial charge < -0.3 is 5.32 Å². The Morgan fingerprint density at radius 3 is 2.83 bits per heavy atom. The molecular weight excluding hydrogens is 146 g/mol. The van der Waals surface area contributed by atoms with Crippen molar-refractivity contribution in [3.63, 3.8) is 0 Å². The minimum absolute atomic E-state index is 1.06. The van der Waals surface area contributed by atoms with Crippen LogP contribution in [0.3, 0.4) is 0 Å². The predicted molar refractivity (Wildman–Crippen MR) is 53.4 cm³/mol. The third-order valence-electron chi connectivity index (χ3n) is 1.92. The molecule has 0 radical (unpaired) electrons. The van der Waals surface area contributed by atoms with Crippen molar-refractivity contribution in [1.29, 1.82) is 0 Å². The largest absolute Gasteiger partial charge is 0.317 e. The highest BCUT2D eigenvalue weighted by Crippen LogP contribution is 2.03. The molecule has 0 fully saturated rings. The Balaban J connectivity index is 2.41. The maximum Gasteiger partial charge on any atom is -0.000847 e. The van der Waals surface area contributed by atoms with Crippen molar-refractivity contribution in [2.75, 3.05) is 13.1 Å². The molecule has 1 aromatic rings. The Morgan fingerprint density at radius 1 is 1.33 bits per heavy atom. The van der Waals surface area contributed by atoms with Crippen LogP contribution in [0.2, 0.25) is 0 Å². The van der Waals surface area contributed by atoms with Gasteiger partial charge in [-0.25, -0.2) is 0 Å². The smallest absolute Gasteiger partial charge is 0.000847 e. The highest BCUT2D eigenvalue weighted by molar-refractivity contribution is 5.22. The zero-order valence-electron chi connectivity index (χ0n) is 7.93. The molecular formula is C11H17N. The summed E-state index contributed by atoms with van der Waals surface area (Å²) < 4.78 is 0. The average molecular weight is 163 g/mol. The lowest BCUT2D eigenvalue weighted by Gasteiger charge is -2.02. The van der Waals surface area contributed by atoms with E-state index < -0.39 is 0 Å². The molecule has 0 amide bonds. The predicted octanol–water partition coefficient (Wildman–Crippen LogP) is 2.15. The third-order valence-corrected chi connectivity index (χ3v) is 1.92. The van der Waals surface area contributed by atoms with Crippen LogP contribution < -0.4 is 5.32 Å². The van der Waals surface area contributed by atoms with E-state index in [0.29, 0.717) is 0 Å². The van der Waals surface area contributed by atoms with E-state index in [1.54, 1.807) is 0 Å². The van der Waals surface area contributed by atoms with Gasteiger partial charge in [-0.05, 0) is 32.0 Å². The molecule has 0 aliphatic carbocycles. The zero-order valence-corrected chi connectivity index (χ0v) is 7.93. The van der Waals surface area contributed by atoms with E-state index in [4.69, 9.17) is 0 Å². The summed E-state index contributed by atoms with van der Waals surface area (Å²) in [6.07, 6.45) is 1.13. The molecule has 0 saturated carbocycles. The van der Waals surface area contributed by atoms with Crippen LogP contribution in [-0.4, -0.2) is 13.1 Å². The molecule has 1 aromatic carbocycles. The zero-order chi connectivity index (χ0) is 8.81. The summed E-state index contributed by atoms with van der Waals surface area (Å²) in [5.74, 6) is 0. The standard InChI is InChI=1S/C11H17N/c1-3-12-8-7-11-6-4-5-10(2)9-11/h4-6,9,12H,3,7-8H2,1-2H3. The molecule has 0 heterocycles. The number of hydrogen-bond donors (Lipinski definition) is 1. The number of likely N-dealkylation sites (N-methyl/N-ethyl adjacent to an activating group) is 1. The lowest BCUT2D eigenvalue weighted by Crippen LogP contribution is -2.15. The molecule has 1 nitrogen and oxygen atoms in total. The van der Waals surface area contributed by atoms with Crippen LogP contribution in [0.15, 0.2) is 24.3 Å². The monoisotopic (exact) mass is 163 g/mol. The highest BCUT2D eigenvalue weighted by atomic mass is 14.8. The first-order chi connectivity index (χ1) is 5.83. The van der Waals surface area contributed by atoms with Gasteiger partial charge in [0, 0.05) is 0 Å². The number of aryl methyl sites for hydroxylation is 1. The third kappa shape index (κ3) is 3.05. The van der Waals surface area contributed by atoms with Crippen molar-refractivity contribution in [2.24, 2.45) is 0 Å². The van der Waals surface area contributed by atoms with Crippen molar-refractivity contribution in [1.82, 2.24) is 5.32 Å². The Bertz CT molecular complexity index is 230. The molecule has 66 valence electrons. The summed E-state index contributed by atoms with van der Waals surface area (Å²) in [5, 5.41) is 3.32. The number of nitrogens with one attached hydrogen (secondary N) is 1. The fourth-order valence-electron chi connectivity index (χ4n) is 1.28. The first-order valence-electron chi connectivity index (χ1n) is 4.59. The van der Waals surface area contributed by atoms with Gasteiger partial charge in [-0.15, -0.1) is 0 Å². The molecule has 0 saturated heterocycles. The van der Waals surface area contributed by atoms with Crippen LogP contribution >= 0.6 is 0 Å². The van der Waals surface area contributed by atoms with Crippen LogP contribution in [0, 0.1) is 6.92 Å². The van der Waals surface area contributed by atoms with E-state index in [1.807, 2.05) is 0 Å². The number of hydrogen-bond acceptors (Lipinski definition) is 1. The maximum absolute atomic E-state index is 3.32. The van der Waals surface area contributed by atoms with Gasteiger partial charge in [-0.1, -0.05) is 36.8 Å². The van der Waals surface area contributed by atoms with E-state index in [0.717, 1.165) is 19.5 Å². The average Bonchev–Trinajstić information content (AvgIpc) is 2.05. The van der Waals surface area contributed by atoms with Gasteiger partial charge in [0.25, 0.3) is 0 Å². The summed E-state index contributed by atoms with van der Waals surface area (Å²) in [4.78, 5) is 0. The van der Waals surface area contributed by atoms with Crippen LogP contribution in [0.5, 0.6) is 0 Å². The van der Waals surface area contributed by atoms with E-state index in [-0.39, 0.29) is 0 Å². The van der Waals surface area contributed by atoms with E-state index in [2.05, 4.69) is 43.4 Å². The van der Waals surface area contributed by atoms with Crippen molar-refractivity contribution in [3.05, 3.63) is 35.4 Å². The molecule has 0 bridgehead atoms. The van der Waals surface area contributed by atoms with Crippen LogP contribution in [-0.2, 0) is 6.42 Å². The molecule has 1 heteroatoms. The number of benzene rings is 1. The lowest BCUT2D eigenvalue weighted by atomic mass is 10.1. The van der Waals surface area contributed by atoms with Crippen molar-refractivity contribution < 1.29 is 0 Å². The molecule has 1 N–H and O–H groups in total. The van der Waals surface area contributed by atoms with Crippen LogP contribution in [0.1, 0.15) is 18.1 Å². The summed E-state index contributed by atoms with van der Waals surface area (Å²) in [6.45, 7) is 6.42. The fraction of sp³-hybridized carbons (Fsp3) is 0.455. The van der Waals surface area contributed by atoms with Gasteiger partial charge in [0.05, 0.1) is 0 Å². The molecule has 0 aliphatic rings. The van der Waals surface area contributed by atoms with Crippen molar-refractivity contribution in [2.45, 2.75) is 20.3 Å². The van der Waals surface area contributed by atoms with E-state index in [1.165, 1.54) is 11.1 Å². The topological polar surface area (TPSA) is 12.0 Å². The van der Waals surface area contributed by atoms with Gasteiger partial charge in [0.1, 0.15) is 0 Å². The van der Waals surface area contributed by atoms with Gasteiger partial charge in [0.2, 0.25) is 0 Å². The van der Waals surface area contributed by atoms with Gasteiger partial charge >= 0.3 is 0 Å². The van der Waals surface area contributed by atoms with Crippen molar-refractivity contribution in [3.8, 4) is 0 Å². The maximum atomic E-state index is 3.32. The SMILES string of the molecule is CCNCCc1cccc(C)c1. The van der Waals surface area contributed by atoms with Crippen molar-refractivity contribution >= 4 is 0 Å². The normalized spacial score (nSPS) is 10.2. The van der Waals surface area contributed by atoms with Gasteiger partial charge in [0.15, 0.2) is 0 Å². The minimum Gasteiger partial charge on any atom is -0.317 e. The quantitative estimate of drug-likeness (QED) is 0.671. The molecule has 0 spiro atoms. The number of rotatable bonds is 4. The minimum atomic E-state index is 1.06.